The molecule has 1 aromatic heterocycles. The first-order valence-corrected chi connectivity index (χ1v) is 8.83. The Bertz CT molecular complexity index is 497. The topological polar surface area (TPSA) is 33.5 Å². The van der Waals surface area contributed by atoms with Gasteiger partial charge in [-0.3, -0.25) is 14.5 Å². The van der Waals surface area contributed by atoms with Crippen LogP contribution in [0.4, 0.5) is 0 Å². The van der Waals surface area contributed by atoms with E-state index in [4.69, 9.17) is 4.74 Å². The predicted octanol–water partition coefficient (Wildman–Crippen LogP) is 1.50. The standard InChI is InChI=1S/C17H28N4O/c1-19-9-15(8-18-19)10-20-12-16-17(13-20)22-7-6-21(16)11-14-4-2-3-5-14/h8-9,14,16-17H,2-7,10-13H2,1H3/t16-,17+/m1/s1. The van der Waals surface area contributed by atoms with Crippen LogP contribution < -0.4 is 0 Å². The van der Waals surface area contributed by atoms with Crippen LogP contribution in [0.2, 0.25) is 0 Å². The monoisotopic (exact) mass is 304 g/mol. The summed E-state index contributed by atoms with van der Waals surface area (Å²) in [6.45, 7) is 6.55. The number of morpholine rings is 1. The molecule has 0 spiro atoms. The van der Waals surface area contributed by atoms with Gasteiger partial charge in [-0.05, 0) is 18.8 Å². The summed E-state index contributed by atoms with van der Waals surface area (Å²) in [5.74, 6) is 0.936. The summed E-state index contributed by atoms with van der Waals surface area (Å²) >= 11 is 0. The van der Waals surface area contributed by atoms with Crippen molar-refractivity contribution in [2.24, 2.45) is 13.0 Å². The number of aromatic nitrogens is 2. The molecule has 1 aliphatic carbocycles. The van der Waals surface area contributed by atoms with E-state index < -0.39 is 0 Å². The molecule has 4 rings (SSSR count). The van der Waals surface area contributed by atoms with Gasteiger partial charge in [-0.15, -0.1) is 0 Å². The minimum absolute atomic E-state index is 0.409. The van der Waals surface area contributed by atoms with Crippen molar-refractivity contribution in [3.05, 3.63) is 18.0 Å². The average molecular weight is 304 g/mol. The van der Waals surface area contributed by atoms with Crippen molar-refractivity contribution < 1.29 is 4.74 Å². The molecular formula is C17H28N4O. The molecule has 2 saturated heterocycles. The lowest BCUT2D eigenvalue weighted by atomic mass is 10.0. The molecule has 5 heteroatoms. The van der Waals surface area contributed by atoms with E-state index in [0.29, 0.717) is 12.1 Å². The zero-order chi connectivity index (χ0) is 14.9. The maximum Gasteiger partial charge on any atom is 0.0870 e. The molecule has 122 valence electrons. The summed E-state index contributed by atoms with van der Waals surface area (Å²) in [6, 6.07) is 0.603. The van der Waals surface area contributed by atoms with Crippen molar-refractivity contribution in [1.82, 2.24) is 19.6 Å². The maximum atomic E-state index is 6.07. The Hall–Kier alpha value is -0.910. The number of rotatable bonds is 4. The van der Waals surface area contributed by atoms with Gasteiger partial charge in [0.05, 0.1) is 18.9 Å². The van der Waals surface area contributed by atoms with Gasteiger partial charge in [0.15, 0.2) is 0 Å². The third-order valence-electron chi connectivity index (χ3n) is 5.62. The van der Waals surface area contributed by atoms with Crippen molar-refractivity contribution in [1.29, 1.82) is 0 Å². The predicted molar refractivity (Wildman–Crippen MR) is 85.5 cm³/mol. The van der Waals surface area contributed by atoms with E-state index in [0.717, 1.165) is 38.7 Å². The zero-order valence-electron chi connectivity index (χ0n) is 13.7. The van der Waals surface area contributed by atoms with Gasteiger partial charge in [0, 0.05) is 57.6 Å². The summed E-state index contributed by atoms with van der Waals surface area (Å²) in [6.07, 6.45) is 10.3. The van der Waals surface area contributed by atoms with Gasteiger partial charge in [-0.1, -0.05) is 12.8 Å². The van der Waals surface area contributed by atoms with Crippen LogP contribution in [-0.4, -0.2) is 64.5 Å². The highest BCUT2D eigenvalue weighted by Gasteiger charge is 2.40. The van der Waals surface area contributed by atoms with Gasteiger partial charge in [-0.25, -0.2) is 0 Å². The highest BCUT2D eigenvalue weighted by atomic mass is 16.5. The van der Waals surface area contributed by atoms with Gasteiger partial charge >= 0.3 is 0 Å². The van der Waals surface area contributed by atoms with Crippen LogP contribution in [0.5, 0.6) is 0 Å². The van der Waals surface area contributed by atoms with Crippen LogP contribution in [0.25, 0.3) is 0 Å². The summed E-state index contributed by atoms with van der Waals surface area (Å²) in [7, 11) is 1.99. The summed E-state index contributed by atoms with van der Waals surface area (Å²) in [5.41, 5.74) is 1.31. The van der Waals surface area contributed by atoms with Crippen LogP contribution in [0, 0.1) is 5.92 Å². The molecule has 5 nitrogen and oxygen atoms in total. The Morgan fingerprint density at radius 1 is 1.27 bits per heavy atom. The molecule has 2 aliphatic heterocycles. The SMILES string of the molecule is Cn1cc(CN2C[C@@H]3OCCN(CC4CCCC4)[C@@H]3C2)cn1. The van der Waals surface area contributed by atoms with Crippen LogP contribution >= 0.6 is 0 Å². The Balaban J connectivity index is 1.37. The quantitative estimate of drug-likeness (QED) is 0.844. The first-order chi connectivity index (χ1) is 10.8. The van der Waals surface area contributed by atoms with E-state index in [1.54, 1.807) is 0 Å². The lowest BCUT2D eigenvalue weighted by Gasteiger charge is -2.38. The number of likely N-dealkylation sites (tertiary alicyclic amines) is 1. The molecule has 3 heterocycles. The summed E-state index contributed by atoms with van der Waals surface area (Å²) in [4.78, 5) is 5.27. The Labute approximate surface area is 133 Å². The smallest absolute Gasteiger partial charge is 0.0870 e. The minimum Gasteiger partial charge on any atom is -0.374 e. The normalized spacial score (nSPS) is 31.0. The number of aryl methyl sites for hydroxylation is 1. The highest BCUT2D eigenvalue weighted by molar-refractivity contribution is 5.05. The molecule has 0 amide bonds. The van der Waals surface area contributed by atoms with Crippen LogP contribution in [-0.2, 0) is 18.3 Å². The van der Waals surface area contributed by atoms with Gasteiger partial charge in [0.2, 0.25) is 0 Å². The van der Waals surface area contributed by atoms with Gasteiger partial charge in [-0.2, -0.15) is 5.10 Å². The van der Waals surface area contributed by atoms with E-state index >= 15 is 0 Å². The highest BCUT2D eigenvalue weighted by Crippen LogP contribution is 2.30. The Kier molecular flexibility index (Phi) is 4.20. The average Bonchev–Trinajstić information content (AvgIpc) is 3.21. The third kappa shape index (κ3) is 3.07. The Morgan fingerprint density at radius 2 is 2.14 bits per heavy atom. The second-order valence-electron chi connectivity index (χ2n) is 7.34. The van der Waals surface area contributed by atoms with Gasteiger partial charge < -0.3 is 4.74 Å². The fourth-order valence-corrected chi connectivity index (χ4v) is 4.53. The first-order valence-electron chi connectivity index (χ1n) is 8.83. The minimum atomic E-state index is 0.409. The zero-order valence-corrected chi connectivity index (χ0v) is 13.7. The molecule has 0 N–H and O–H groups in total. The van der Waals surface area contributed by atoms with E-state index in [1.807, 2.05) is 17.9 Å². The molecule has 1 saturated carbocycles. The van der Waals surface area contributed by atoms with Crippen molar-refractivity contribution in [3.63, 3.8) is 0 Å². The number of nitrogens with zero attached hydrogens (tertiary/aromatic N) is 4. The fourth-order valence-electron chi connectivity index (χ4n) is 4.53. The van der Waals surface area contributed by atoms with E-state index in [9.17, 15) is 0 Å². The molecule has 0 radical (unpaired) electrons. The summed E-state index contributed by atoms with van der Waals surface area (Å²) < 4.78 is 7.96. The van der Waals surface area contributed by atoms with E-state index in [2.05, 4.69) is 21.1 Å². The number of fused-ring (bicyclic) bond motifs is 1. The molecule has 1 aromatic rings. The fraction of sp³-hybridized carbons (Fsp3) is 0.824. The Morgan fingerprint density at radius 3 is 2.91 bits per heavy atom. The second kappa shape index (κ2) is 6.30. The molecule has 0 bridgehead atoms. The molecule has 2 atom stereocenters. The van der Waals surface area contributed by atoms with Gasteiger partial charge in [0.25, 0.3) is 0 Å². The van der Waals surface area contributed by atoms with E-state index in [1.165, 1.54) is 37.8 Å². The van der Waals surface area contributed by atoms with Gasteiger partial charge in [0.1, 0.15) is 0 Å². The van der Waals surface area contributed by atoms with Crippen LogP contribution in [0.3, 0.4) is 0 Å². The lowest BCUT2D eigenvalue weighted by Crippen LogP contribution is -2.51. The van der Waals surface area contributed by atoms with Crippen LogP contribution in [0.15, 0.2) is 12.4 Å². The van der Waals surface area contributed by atoms with Crippen molar-refractivity contribution in [3.8, 4) is 0 Å². The molecular weight excluding hydrogens is 276 g/mol. The lowest BCUT2D eigenvalue weighted by molar-refractivity contribution is -0.0517. The number of hydrogen-bond donors (Lipinski definition) is 0. The number of hydrogen-bond acceptors (Lipinski definition) is 4. The molecule has 0 aromatic carbocycles. The van der Waals surface area contributed by atoms with Crippen molar-refractivity contribution in [2.45, 2.75) is 44.4 Å². The van der Waals surface area contributed by atoms with Crippen LogP contribution in [0.1, 0.15) is 31.2 Å². The summed E-state index contributed by atoms with van der Waals surface area (Å²) in [5, 5.41) is 4.28. The number of ether oxygens (including phenoxy) is 1. The maximum absolute atomic E-state index is 6.07. The largest absolute Gasteiger partial charge is 0.374 e. The second-order valence-corrected chi connectivity index (χ2v) is 7.34. The van der Waals surface area contributed by atoms with Crippen molar-refractivity contribution >= 4 is 0 Å². The molecule has 0 unspecified atom stereocenters. The molecule has 3 fully saturated rings. The van der Waals surface area contributed by atoms with Crippen molar-refractivity contribution in [2.75, 3.05) is 32.8 Å². The third-order valence-corrected chi connectivity index (χ3v) is 5.62. The molecule has 3 aliphatic rings. The first kappa shape index (κ1) is 14.7. The molecule has 22 heavy (non-hydrogen) atoms. The van der Waals surface area contributed by atoms with E-state index in [-0.39, 0.29) is 0 Å².